The maximum absolute atomic E-state index is 12.1. The Kier molecular flexibility index (Phi) is 4.66. The van der Waals surface area contributed by atoms with Gasteiger partial charge in [-0.2, -0.15) is 0 Å². The van der Waals surface area contributed by atoms with Crippen molar-refractivity contribution in [2.45, 2.75) is 38.0 Å². The van der Waals surface area contributed by atoms with E-state index < -0.39 is 6.10 Å². The van der Waals surface area contributed by atoms with Crippen molar-refractivity contribution in [3.05, 3.63) is 71.3 Å². The molecule has 2 aromatic rings. The number of rotatable bonds is 5. The van der Waals surface area contributed by atoms with Crippen LogP contribution >= 0.6 is 0 Å². The predicted molar refractivity (Wildman–Crippen MR) is 86.8 cm³/mol. The van der Waals surface area contributed by atoms with E-state index >= 15 is 0 Å². The molecule has 0 spiro atoms. The number of hydrogen-bond acceptors (Lipinski definition) is 3. The van der Waals surface area contributed by atoms with Crippen LogP contribution in [0.5, 0.6) is 0 Å². The smallest absolute Gasteiger partial charge is 0.162 e. The van der Waals surface area contributed by atoms with E-state index in [9.17, 15) is 9.90 Å². The molecule has 0 aliphatic carbocycles. The summed E-state index contributed by atoms with van der Waals surface area (Å²) in [6.07, 6.45) is 1.19. The molecule has 0 aromatic heterocycles. The van der Waals surface area contributed by atoms with Crippen LogP contribution in [0.15, 0.2) is 54.6 Å². The van der Waals surface area contributed by atoms with E-state index in [0.717, 1.165) is 18.5 Å². The number of Topliss-reactive ketones (excluding diaryl/α,β-unsaturated/α-hetero) is 1. The third-order valence-corrected chi connectivity index (χ3v) is 4.34. The highest BCUT2D eigenvalue weighted by atomic mass is 16.3. The first-order valence-corrected chi connectivity index (χ1v) is 7.80. The van der Waals surface area contributed by atoms with Gasteiger partial charge in [-0.1, -0.05) is 54.6 Å². The lowest BCUT2D eigenvalue weighted by Crippen LogP contribution is -2.44. The number of aliphatic hydroxyl groups excluding tert-OH is 1. The number of fused-ring (bicyclic) bond motifs is 1. The van der Waals surface area contributed by atoms with E-state index in [1.54, 1.807) is 0 Å². The number of ketones is 1. The quantitative estimate of drug-likeness (QED) is 0.834. The second-order valence-electron chi connectivity index (χ2n) is 5.86. The summed E-state index contributed by atoms with van der Waals surface area (Å²) in [6.45, 7) is 0.782. The minimum Gasteiger partial charge on any atom is -0.391 e. The molecule has 2 N–H and O–H groups in total. The Morgan fingerprint density at radius 1 is 1.09 bits per heavy atom. The molecule has 3 heteroatoms. The summed E-state index contributed by atoms with van der Waals surface area (Å²) in [4.78, 5) is 12.1. The van der Waals surface area contributed by atoms with Gasteiger partial charge in [0, 0.05) is 24.6 Å². The van der Waals surface area contributed by atoms with Gasteiger partial charge in [0.25, 0.3) is 0 Å². The van der Waals surface area contributed by atoms with Gasteiger partial charge in [0.15, 0.2) is 5.78 Å². The van der Waals surface area contributed by atoms with Crippen LogP contribution in [-0.2, 0) is 13.0 Å². The highest BCUT2D eigenvalue weighted by Gasteiger charge is 2.24. The molecule has 0 amide bonds. The van der Waals surface area contributed by atoms with Crippen LogP contribution in [0.3, 0.4) is 0 Å². The first kappa shape index (κ1) is 14.9. The lowest BCUT2D eigenvalue weighted by molar-refractivity contribution is 0.0877. The molecule has 114 valence electrons. The number of carbonyl (C=O) groups is 1. The van der Waals surface area contributed by atoms with Crippen molar-refractivity contribution in [1.29, 1.82) is 0 Å². The molecule has 22 heavy (non-hydrogen) atoms. The van der Waals surface area contributed by atoms with Crippen molar-refractivity contribution in [2.75, 3.05) is 0 Å². The van der Waals surface area contributed by atoms with Crippen molar-refractivity contribution in [3.63, 3.8) is 0 Å². The number of hydrogen-bond donors (Lipinski definition) is 2. The fraction of sp³-hybridized carbons (Fsp3) is 0.316. The van der Waals surface area contributed by atoms with Crippen molar-refractivity contribution >= 4 is 5.78 Å². The second kappa shape index (κ2) is 6.86. The molecule has 0 bridgehead atoms. The standard InChI is InChI=1S/C19H21NO2/c21-18(14-6-2-1-3-7-14)10-11-19(22)17-12-15-8-4-5-9-16(15)13-20-17/h1-9,17,19-20,22H,10-13H2/t17-,19+/m0/s1. The molecule has 0 unspecified atom stereocenters. The van der Waals surface area contributed by atoms with Crippen LogP contribution in [0.25, 0.3) is 0 Å². The Balaban J connectivity index is 1.55. The minimum atomic E-state index is -0.499. The lowest BCUT2D eigenvalue weighted by Gasteiger charge is -2.29. The zero-order valence-electron chi connectivity index (χ0n) is 12.5. The Labute approximate surface area is 131 Å². The molecule has 3 nitrogen and oxygen atoms in total. The van der Waals surface area contributed by atoms with Crippen molar-refractivity contribution in [1.82, 2.24) is 5.32 Å². The average Bonchev–Trinajstić information content (AvgIpc) is 2.59. The first-order chi connectivity index (χ1) is 10.7. The van der Waals surface area contributed by atoms with Crippen molar-refractivity contribution in [3.8, 4) is 0 Å². The minimum absolute atomic E-state index is 0.0264. The van der Waals surface area contributed by atoms with E-state index in [1.807, 2.05) is 42.5 Å². The molecular weight excluding hydrogens is 274 g/mol. The summed E-state index contributed by atoms with van der Waals surface area (Å²) in [5.74, 6) is 0.0934. The Morgan fingerprint density at radius 2 is 1.77 bits per heavy atom. The van der Waals surface area contributed by atoms with Crippen molar-refractivity contribution < 1.29 is 9.90 Å². The van der Waals surface area contributed by atoms with E-state index in [2.05, 4.69) is 17.4 Å². The number of benzene rings is 2. The fourth-order valence-corrected chi connectivity index (χ4v) is 3.00. The van der Waals surface area contributed by atoms with Crippen LogP contribution in [0, 0.1) is 0 Å². The molecule has 1 heterocycles. The van der Waals surface area contributed by atoms with Gasteiger partial charge in [0.05, 0.1) is 6.10 Å². The van der Waals surface area contributed by atoms with Crippen molar-refractivity contribution in [2.24, 2.45) is 0 Å². The Hall–Kier alpha value is -1.97. The highest BCUT2D eigenvalue weighted by molar-refractivity contribution is 5.95. The molecular formula is C19H21NO2. The summed E-state index contributed by atoms with van der Waals surface area (Å²) in [5, 5.41) is 13.8. The van der Waals surface area contributed by atoms with Gasteiger partial charge in [0.2, 0.25) is 0 Å². The van der Waals surface area contributed by atoms with Gasteiger partial charge < -0.3 is 10.4 Å². The molecule has 0 radical (unpaired) electrons. The van der Waals surface area contributed by atoms with E-state index in [4.69, 9.17) is 0 Å². The topological polar surface area (TPSA) is 49.3 Å². The maximum Gasteiger partial charge on any atom is 0.162 e. The van der Waals surface area contributed by atoms with Crippen LogP contribution in [0.4, 0.5) is 0 Å². The van der Waals surface area contributed by atoms with Gasteiger partial charge in [-0.05, 0) is 24.0 Å². The van der Waals surface area contributed by atoms with Gasteiger partial charge >= 0.3 is 0 Å². The van der Waals surface area contributed by atoms with Crippen LogP contribution in [-0.4, -0.2) is 23.0 Å². The molecule has 1 aliphatic heterocycles. The molecule has 0 saturated heterocycles. The number of aliphatic hydroxyl groups is 1. The van der Waals surface area contributed by atoms with Gasteiger partial charge in [-0.15, -0.1) is 0 Å². The van der Waals surface area contributed by atoms with Crippen LogP contribution in [0.2, 0.25) is 0 Å². The lowest BCUT2D eigenvalue weighted by atomic mass is 9.91. The largest absolute Gasteiger partial charge is 0.391 e. The third kappa shape index (κ3) is 3.43. The highest BCUT2D eigenvalue weighted by Crippen LogP contribution is 2.20. The fourth-order valence-electron chi connectivity index (χ4n) is 3.00. The summed E-state index contributed by atoms with van der Waals surface area (Å²) >= 11 is 0. The summed E-state index contributed by atoms with van der Waals surface area (Å²) < 4.78 is 0. The molecule has 2 aromatic carbocycles. The Bertz CT molecular complexity index is 639. The van der Waals surface area contributed by atoms with Crippen LogP contribution < -0.4 is 5.32 Å². The van der Waals surface area contributed by atoms with Gasteiger partial charge in [-0.3, -0.25) is 4.79 Å². The first-order valence-electron chi connectivity index (χ1n) is 7.80. The SMILES string of the molecule is O=C(CC[C@@H](O)[C@@H]1Cc2ccccc2CN1)c1ccccc1. The number of carbonyl (C=O) groups excluding carboxylic acids is 1. The molecule has 0 saturated carbocycles. The molecule has 1 aliphatic rings. The summed E-state index contributed by atoms with van der Waals surface area (Å²) in [6, 6.07) is 17.6. The van der Waals surface area contributed by atoms with Gasteiger partial charge in [-0.25, -0.2) is 0 Å². The summed E-state index contributed by atoms with van der Waals surface area (Å²) in [5.41, 5.74) is 3.31. The van der Waals surface area contributed by atoms with E-state index in [0.29, 0.717) is 12.8 Å². The van der Waals surface area contributed by atoms with Gasteiger partial charge in [0.1, 0.15) is 0 Å². The average molecular weight is 295 g/mol. The maximum atomic E-state index is 12.1. The van der Waals surface area contributed by atoms with E-state index in [-0.39, 0.29) is 11.8 Å². The Morgan fingerprint density at radius 3 is 2.55 bits per heavy atom. The predicted octanol–water partition coefficient (Wildman–Crippen LogP) is 2.72. The molecule has 2 atom stereocenters. The normalized spacial score (nSPS) is 18.5. The van der Waals surface area contributed by atoms with Crippen LogP contribution in [0.1, 0.15) is 34.3 Å². The second-order valence-corrected chi connectivity index (χ2v) is 5.86. The number of nitrogens with one attached hydrogen (secondary N) is 1. The molecule has 0 fully saturated rings. The zero-order chi connectivity index (χ0) is 15.4. The zero-order valence-corrected chi connectivity index (χ0v) is 12.5. The summed E-state index contributed by atoms with van der Waals surface area (Å²) in [7, 11) is 0. The third-order valence-electron chi connectivity index (χ3n) is 4.34. The van der Waals surface area contributed by atoms with E-state index in [1.165, 1.54) is 11.1 Å². The monoisotopic (exact) mass is 295 g/mol. The molecule has 3 rings (SSSR count).